The molecule has 0 unspecified atom stereocenters. The molecule has 0 bridgehead atoms. The molecule has 0 spiro atoms. The Morgan fingerprint density at radius 1 is 1.19 bits per heavy atom. The fourth-order valence-corrected chi connectivity index (χ4v) is 3.49. The zero-order chi connectivity index (χ0) is 19.0. The molecule has 7 nitrogen and oxygen atoms in total. The lowest BCUT2D eigenvalue weighted by atomic mass is 10.0. The van der Waals surface area contributed by atoms with Crippen molar-refractivity contribution >= 4 is 22.7 Å². The second-order valence-electron chi connectivity index (χ2n) is 7.14. The smallest absolute Gasteiger partial charge is 0.273 e. The average molecular weight is 366 g/mol. The highest BCUT2D eigenvalue weighted by molar-refractivity contribution is 5.98. The second kappa shape index (κ2) is 6.90. The number of fused-ring (bicyclic) bond motifs is 1. The molecule has 1 saturated heterocycles. The van der Waals surface area contributed by atoms with Crippen LogP contribution in [-0.4, -0.2) is 46.0 Å². The highest BCUT2D eigenvalue weighted by Crippen LogP contribution is 2.20. The Kier molecular flexibility index (Phi) is 4.43. The van der Waals surface area contributed by atoms with Crippen LogP contribution in [0, 0.1) is 13.8 Å². The van der Waals surface area contributed by atoms with Crippen molar-refractivity contribution in [3.05, 3.63) is 53.0 Å². The molecule has 2 amide bonds. The Morgan fingerprint density at radius 2 is 1.96 bits per heavy atom. The molecule has 1 fully saturated rings. The molecule has 1 aromatic carbocycles. The van der Waals surface area contributed by atoms with Gasteiger partial charge in [-0.25, -0.2) is 0 Å². The summed E-state index contributed by atoms with van der Waals surface area (Å²) >= 11 is 0. The SMILES string of the molecule is Cc1ccc2cc(C(=O)N3CCC(NC(=O)c4cc(C)on4)CC3)[nH]c2c1. The summed E-state index contributed by atoms with van der Waals surface area (Å²) in [4.78, 5) is 30.0. The molecule has 2 aromatic heterocycles. The van der Waals surface area contributed by atoms with E-state index in [-0.39, 0.29) is 17.9 Å². The number of aryl methyl sites for hydroxylation is 2. The molecule has 3 heterocycles. The van der Waals surface area contributed by atoms with Gasteiger partial charge in [0.2, 0.25) is 0 Å². The summed E-state index contributed by atoms with van der Waals surface area (Å²) < 4.78 is 4.94. The van der Waals surface area contributed by atoms with Crippen molar-refractivity contribution in [1.82, 2.24) is 20.4 Å². The van der Waals surface area contributed by atoms with Crippen molar-refractivity contribution in [2.75, 3.05) is 13.1 Å². The summed E-state index contributed by atoms with van der Waals surface area (Å²) in [6, 6.07) is 9.65. The van der Waals surface area contributed by atoms with Crippen LogP contribution in [0.2, 0.25) is 0 Å². The van der Waals surface area contributed by atoms with E-state index in [0.717, 1.165) is 16.5 Å². The normalized spacial score (nSPS) is 15.3. The third-order valence-electron chi connectivity index (χ3n) is 4.99. The summed E-state index contributed by atoms with van der Waals surface area (Å²) in [5.74, 6) is 0.373. The molecule has 1 aliphatic heterocycles. The minimum atomic E-state index is -0.234. The van der Waals surface area contributed by atoms with E-state index in [1.54, 1.807) is 13.0 Å². The maximum absolute atomic E-state index is 12.8. The van der Waals surface area contributed by atoms with Gasteiger partial charge in [0.15, 0.2) is 5.69 Å². The van der Waals surface area contributed by atoms with Crippen LogP contribution in [0.15, 0.2) is 34.9 Å². The highest BCUT2D eigenvalue weighted by Gasteiger charge is 2.26. The molecular weight excluding hydrogens is 344 g/mol. The van der Waals surface area contributed by atoms with Crippen molar-refractivity contribution < 1.29 is 14.1 Å². The van der Waals surface area contributed by atoms with Gasteiger partial charge in [-0.05, 0) is 44.4 Å². The fraction of sp³-hybridized carbons (Fsp3) is 0.350. The highest BCUT2D eigenvalue weighted by atomic mass is 16.5. The number of carbonyl (C=O) groups is 2. The van der Waals surface area contributed by atoms with Crippen LogP contribution in [0.4, 0.5) is 0 Å². The van der Waals surface area contributed by atoms with E-state index in [1.165, 1.54) is 0 Å². The van der Waals surface area contributed by atoms with Gasteiger partial charge in [0, 0.05) is 36.1 Å². The van der Waals surface area contributed by atoms with E-state index in [0.29, 0.717) is 43.1 Å². The molecule has 0 atom stereocenters. The van der Waals surface area contributed by atoms with Gasteiger partial charge in [0.05, 0.1) is 0 Å². The van der Waals surface area contributed by atoms with Gasteiger partial charge >= 0.3 is 0 Å². The molecule has 140 valence electrons. The zero-order valence-electron chi connectivity index (χ0n) is 15.4. The van der Waals surface area contributed by atoms with Gasteiger partial charge in [-0.2, -0.15) is 0 Å². The number of carbonyl (C=O) groups excluding carboxylic acids is 2. The van der Waals surface area contributed by atoms with E-state index in [2.05, 4.69) is 15.5 Å². The number of amides is 2. The largest absolute Gasteiger partial charge is 0.361 e. The lowest BCUT2D eigenvalue weighted by Crippen LogP contribution is -2.46. The fourth-order valence-electron chi connectivity index (χ4n) is 3.49. The van der Waals surface area contributed by atoms with E-state index in [4.69, 9.17) is 4.52 Å². The monoisotopic (exact) mass is 366 g/mol. The Hall–Kier alpha value is -3.09. The summed E-state index contributed by atoms with van der Waals surface area (Å²) in [7, 11) is 0. The topological polar surface area (TPSA) is 91.2 Å². The molecular formula is C20H22N4O3. The maximum Gasteiger partial charge on any atom is 0.273 e. The van der Waals surface area contributed by atoms with Gasteiger partial charge in [0.25, 0.3) is 11.8 Å². The molecule has 3 aromatic rings. The van der Waals surface area contributed by atoms with Crippen molar-refractivity contribution in [3.8, 4) is 0 Å². The number of aromatic amines is 1. The van der Waals surface area contributed by atoms with Gasteiger partial charge in [-0.1, -0.05) is 17.3 Å². The van der Waals surface area contributed by atoms with E-state index >= 15 is 0 Å². The van der Waals surface area contributed by atoms with Crippen molar-refractivity contribution in [2.24, 2.45) is 0 Å². The lowest BCUT2D eigenvalue weighted by molar-refractivity contribution is 0.0692. The molecule has 27 heavy (non-hydrogen) atoms. The average Bonchev–Trinajstić information content (AvgIpc) is 3.27. The first-order valence-corrected chi connectivity index (χ1v) is 9.12. The number of piperidine rings is 1. The first-order valence-electron chi connectivity index (χ1n) is 9.12. The molecule has 0 aliphatic carbocycles. The third-order valence-corrected chi connectivity index (χ3v) is 4.99. The predicted octanol–water partition coefficient (Wildman–Crippen LogP) is 2.81. The first-order chi connectivity index (χ1) is 13.0. The van der Waals surface area contributed by atoms with Crippen LogP contribution >= 0.6 is 0 Å². The second-order valence-corrected chi connectivity index (χ2v) is 7.14. The van der Waals surface area contributed by atoms with E-state index in [1.807, 2.05) is 36.1 Å². The lowest BCUT2D eigenvalue weighted by Gasteiger charge is -2.32. The van der Waals surface area contributed by atoms with Gasteiger partial charge in [0.1, 0.15) is 11.5 Å². The van der Waals surface area contributed by atoms with Crippen LogP contribution in [-0.2, 0) is 0 Å². The van der Waals surface area contributed by atoms with E-state index in [9.17, 15) is 9.59 Å². The van der Waals surface area contributed by atoms with Gasteiger partial charge < -0.3 is 19.7 Å². The van der Waals surface area contributed by atoms with Crippen LogP contribution in [0.25, 0.3) is 10.9 Å². The Morgan fingerprint density at radius 3 is 2.67 bits per heavy atom. The van der Waals surface area contributed by atoms with Crippen LogP contribution in [0.5, 0.6) is 0 Å². The molecule has 1 aliphatic rings. The number of nitrogens with one attached hydrogen (secondary N) is 2. The van der Waals surface area contributed by atoms with Crippen molar-refractivity contribution in [3.63, 3.8) is 0 Å². The number of hydrogen-bond donors (Lipinski definition) is 2. The minimum Gasteiger partial charge on any atom is -0.361 e. The summed E-state index contributed by atoms with van der Waals surface area (Å²) in [5.41, 5.74) is 3.03. The standard InChI is InChI=1S/C20H22N4O3/c1-12-3-4-14-11-18(22-16(14)9-12)20(26)24-7-5-15(6-8-24)21-19(25)17-10-13(2)27-23-17/h3-4,9-11,15,22H,5-8H2,1-2H3,(H,21,25). The summed E-state index contributed by atoms with van der Waals surface area (Å²) in [5, 5.41) is 7.74. The van der Waals surface area contributed by atoms with Crippen LogP contribution < -0.4 is 5.32 Å². The van der Waals surface area contributed by atoms with Gasteiger partial charge in [-0.15, -0.1) is 0 Å². The molecule has 2 N–H and O–H groups in total. The number of rotatable bonds is 3. The molecule has 0 radical (unpaired) electrons. The molecule has 0 saturated carbocycles. The zero-order valence-corrected chi connectivity index (χ0v) is 15.4. The molecule has 4 rings (SSSR count). The third kappa shape index (κ3) is 3.58. The number of nitrogens with zero attached hydrogens (tertiary/aromatic N) is 2. The summed E-state index contributed by atoms with van der Waals surface area (Å²) in [6.07, 6.45) is 1.43. The number of hydrogen-bond acceptors (Lipinski definition) is 4. The van der Waals surface area contributed by atoms with E-state index < -0.39 is 0 Å². The Balaban J connectivity index is 1.36. The first kappa shape index (κ1) is 17.3. The van der Waals surface area contributed by atoms with Crippen molar-refractivity contribution in [2.45, 2.75) is 32.7 Å². The van der Waals surface area contributed by atoms with Crippen LogP contribution in [0.3, 0.4) is 0 Å². The Bertz CT molecular complexity index is 996. The predicted molar refractivity (Wildman–Crippen MR) is 101 cm³/mol. The number of H-pyrrole nitrogens is 1. The Labute approximate surface area is 156 Å². The van der Waals surface area contributed by atoms with Gasteiger partial charge in [-0.3, -0.25) is 9.59 Å². The van der Waals surface area contributed by atoms with Crippen molar-refractivity contribution in [1.29, 1.82) is 0 Å². The van der Waals surface area contributed by atoms with Crippen LogP contribution in [0.1, 0.15) is 45.1 Å². The quantitative estimate of drug-likeness (QED) is 0.746. The number of aromatic nitrogens is 2. The number of benzene rings is 1. The minimum absolute atomic E-state index is 0.000700. The molecule has 7 heteroatoms. The summed E-state index contributed by atoms with van der Waals surface area (Å²) in [6.45, 7) is 4.99. The maximum atomic E-state index is 12.8. The number of likely N-dealkylation sites (tertiary alicyclic amines) is 1.